The first-order valence-electron chi connectivity index (χ1n) is 6.82. The Hall–Kier alpha value is 0.700. The molecule has 2 heteroatoms. The average molecular weight is 261 g/mol. The first kappa shape index (κ1) is 14.8. The molecule has 0 aromatic heterocycles. The van der Waals surface area contributed by atoms with Gasteiger partial charge in [0.05, 0.1) is 0 Å². The van der Waals surface area contributed by atoms with Crippen LogP contribution in [0.25, 0.3) is 0 Å². The van der Waals surface area contributed by atoms with Crippen LogP contribution in [0.15, 0.2) is 0 Å². The van der Waals surface area contributed by atoms with Crippen molar-refractivity contribution in [2.45, 2.75) is 64.5 Å². The summed E-state index contributed by atoms with van der Waals surface area (Å²) >= 11 is 6.81. The topological polar surface area (TPSA) is 0 Å². The molecule has 1 unspecified atom stereocenters. The second kappa shape index (κ2) is 7.20. The van der Waals surface area contributed by atoms with Gasteiger partial charge in [-0.05, 0) is 35.7 Å². The van der Waals surface area contributed by atoms with Crippen LogP contribution in [0, 0.1) is 11.3 Å². The lowest BCUT2D eigenvalue weighted by Crippen LogP contribution is -2.27. The van der Waals surface area contributed by atoms with Gasteiger partial charge in [0.15, 0.2) is 0 Å². The molecule has 0 radical (unpaired) electrons. The van der Waals surface area contributed by atoms with E-state index in [0.29, 0.717) is 5.41 Å². The summed E-state index contributed by atoms with van der Waals surface area (Å²) in [4.78, 5) is 0. The third-order valence-corrected chi connectivity index (χ3v) is 6.61. The lowest BCUT2D eigenvalue weighted by atomic mass is 9.84. The van der Waals surface area contributed by atoms with Gasteiger partial charge in [-0.1, -0.05) is 46.5 Å². The minimum absolute atomic E-state index is 0.549. The van der Waals surface area contributed by atoms with Gasteiger partial charge in [-0.15, -0.1) is 0 Å². The van der Waals surface area contributed by atoms with Gasteiger partial charge in [-0.3, -0.25) is 0 Å². The number of hydrogen-bond donors (Lipinski definition) is 1. The summed E-state index contributed by atoms with van der Waals surface area (Å²) in [5.74, 6) is 3.22. The number of thioether (sulfide) groups is 1. The Balaban J connectivity index is 2.45. The Kier molecular flexibility index (Phi) is 6.65. The number of thiol groups is 1. The minimum atomic E-state index is 0.549. The molecule has 0 heterocycles. The van der Waals surface area contributed by atoms with Gasteiger partial charge in [0.25, 0.3) is 0 Å². The maximum Gasteiger partial charge on any atom is 0.00419 e. The second-order valence-corrected chi connectivity index (χ2v) is 7.51. The van der Waals surface area contributed by atoms with Crippen molar-refractivity contribution in [2.24, 2.45) is 11.3 Å². The predicted molar refractivity (Wildman–Crippen MR) is 80.7 cm³/mol. The fraction of sp³-hybridized carbons (Fsp3) is 1.00. The Morgan fingerprint density at radius 3 is 2.06 bits per heavy atom. The number of hydrogen-bond acceptors (Lipinski definition) is 2. The predicted octanol–water partition coefficient (Wildman–Crippen LogP) is 5.03. The molecule has 0 aromatic carbocycles. The zero-order chi connectivity index (χ0) is 12.0. The lowest BCUT2D eigenvalue weighted by Gasteiger charge is -2.32. The fourth-order valence-electron chi connectivity index (χ4n) is 2.33. The Bertz CT molecular complexity index is 181. The highest BCUT2D eigenvalue weighted by Gasteiger charge is 2.30. The van der Waals surface area contributed by atoms with E-state index in [1.807, 2.05) is 0 Å². The standard InChI is InChI=1S/C14H28S2/c1-12(2)13(3)16-11-14(10-15)8-6-4-5-7-9-14/h12-13,15H,4-11H2,1-3H3. The molecule has 1 fully saturated rings. The average Bonchev–Trinajstić information content (AvgIpc) is 2.52. The third kappa shape index (κ3) is 4.52. The molecule has 0 amide bonds. The maximum absolute atomic E-state index is 4.64. The van der Waals surface area contributed by atoms with Crippen LogP contribution in [0.5, 0.6) is 0 Å². The zero-order valence-electron chi connectivity index (χ0n) is 11.2. The molecular formula is C14H28S2. The fourth-order valence-corrected chi connectivity index (χ4v) is 4.30. The quantitative estimate of drug-likeness (QED) is 0.534. The summed E-state index contributed by atoms with van der Waals surface area (Å²) < 4.78 is 0. The molecule has 0 N–H and O–H groups in total. The minimum Gasteiger partial charge on any atom is -0.179 e. The van der Waals surface area contributed by atoms with Crippen molar-refractivity contribution in [3.8, 4) is 0 Å². The summed E-state index contributed by atoms with van der Waals surface area (Å²) in [6.07, 6.45) is 8.57. The highest BCUT2D eigenvalue weighted by molar-refractivity contribution is 7.99. The molecule has 0 spiro atoms. The highest BCUT2D eigenvalue weighted by atomic mass is 32.2. The van der Waals surface area contributed by atoms with Crippen LogP contribution < -0.4 is 0 Å². The summed E-state index contributed by atoms with van der Waals surface area (Å²) in [6, 6.07) is 0. The first-order valence-corrected chi connectivity index (χ1v) is 8.50. The van der Waals surface area contributed by atoms with E-state index in [1.165, 1.54) is 44.3 Å². The summed E-state index contributed by atoms with van der Waals surface area (Å²) in [7, 11) is 0. The van der Waals surface area contributed by atoms with Crippen LogP contribution >= 0.6 is 24.4 Å². The van der Waals surface area contributed by atoms with Crippen molar-refractivity contribution in [1.82, 2.24) is 0 Å². The largest absolute Gasteiger partial charge is 0.179 e. The Morgan fingerprint density at radius 1 is 1.06 bits per heavy atom. The van der Waals surface area contributed by atoms with Crippen molar-refractivity contribution >= 4 is 24.4 Å². The van der Waals surface area contributed by atoms with Gasteiger partial charge in [0, 0.05) is 5.25 Å². The van der Waals surface area contributed by atoms with Crippen LogP contribution in [-0.4, -0.2) is 16.8 Å². The molecule has 1 aliphatic rings. The molecule has 16 heavy (non-hydrogen) atoms. The van der Waals surface area contributed by atoms with Crippen LogP contribution in [0.2, 0.25) is 0 Å². The molecule has 96 valence electrons. The molecular weight excluding hydrogens is 232 g/mol. The first-order chi connectivity index (χ1) is 7.59. The van der Waals surface area contributed by atoms with Crippen LogP contribution in [0.3, 0.4) is 0 Å². The zero-order valence-corrected chi connectivity index (χ0v) is 12.9. The molecule has 1 atom stereocenters. The Morgan fingerprint density at radius 2 is 1.62 bits per heavy atom. The Labute approximate surface area is 112 Å². The van der Waals surface area contributed by atoms with E-state index >= 15 is 0 Å². The second-order valence-electron chi connectivity index (χ2n) is 5.83. The van der Waals surface area contributed by atoms with Gasteiger partial charge in [-0.2, -0.15) is 24.4 Å². The van der Waals surface area contributed by atoms with Crippen molar-refractivity contribution in [2.75, 3.05) is 11.5 Å². The highest BCUT2D eigenvalue weighted by Crippen LogP contribution is 2.40. The van der Waals surface area contributed by atoms with Crippen molar-refractivity contribution in [3.63, 3.8) is 0 Å². The summed E-state index contributed by atoms with van der Waals surface area (Å²) in [5, 5.41) is 0.792. The molecule has 0 bridgehead atoms. The smallest absolute Gasteiger partial charge is 0.00419 e. The van der Waals surface area contributed by atoms with Crippen LogP contribution in [0.1, 0.15) is 59.3 Å². The number of rotatable bonds is 5. The monoisotopic (exact) mass is 260 g/mol. The van der Waals surface area contributed by atoms with Crippen LogP contribution in [-0.2, 0) is 0 Å². The summed E-state index contributed by atoms with van der Waals surface area (Å²) in [5.41, 5.74) is 0.549. The van der Waals surface area contributed by atoms with E-state index in [2.05, 4.69) is 45.2 Å². The van der Waals surface area contributed by atoms with E-state index in [0.717, 1.165) is 16.9 Å². The van der Waals surface area contributed by atoms with E-state index in [9.17, 15) is 0 Å². The molecule has 0 nitrogen and oxygen atoms in total. The molecule has 0 aliphatic heterocycles. The SMILES string of the molecule is CC(C)C(C)SCC1(CS)CCCCCC1. The molecule has 0 saturated heterocycles. The van der Waals surface area contributed by atoms with Crippen molar-refractivity contribution in [3.05, 3.63) is 0 Å². The van der Waals surface area contributed by atoms with E-state index in [1.54, 1.807) is 0 Å². The van der Waals surface area contributed by atoms with Gasteiger partial charge in [0.2, 0.25) is 0 Å². The van der Waals surface area contributed by atoms with Crippen LogP contribution in [0.4, 0.5) is 0 Å². The van der Waals surface area contributed by atoms with Gasteiger partial charge < -0.3 is 0 Å². The van der Waals surface area contributed by atoms with Gasteiger partial charge >= 0.3 is 0 Å². The molecule has 1 aliphatic carbocycles. The molecule has 0 aromatic rings. The lowest BCUT2D eigenvalue weighted by molar-refractivity contribution is 0.332. The van der Waals surface area contributed by atoms with Gasteiger partial charge in [-0.25, -0.2) is 0 Å². The van der Waals surface area contributed by atoms with Gasteiger partial charge in [0.1, 0.15) is 0 Å². The van der Waals surface area contributed by atoms with E-state index < -0.39 is 0 Å². The molecule has 1 saturated carbocycles. The third-order valence-electron chi connectivity index (χ3n) is 4.09. The van der Waals surface area contributed by atoms with E-state index in [4.69, 9.17) is 0 Å². The maximum atomic E-state index is 4.64. The molecule has 1 rings (SSSR count). The normalized spacial score (nSPS) is 23.1. The summed E-state index contributed by atoms with van der Waals surface area (Å²) in [6.45, 7) is 7.04. The van der Waals surface area contributed by atoms with Crippen molar-refractivity contribution in [1.29, 1.82) is 0 Å². The van der Waals surface area contributed by atoms with E-state index in [-0.39, 0.29) is 0 Å². The van der Waals surface area contributed by atoms with Crippen molar-refractivity contribution < 1.29 is 0 Å².